The first kappa shape index (κ1) is 34.4. The third-order valence-electron chi connectivity index (χ3n) is 13.3. The van der Waals surface area contributed by atoms with Crippen molar-refractivity contribution in [3.8, 4) is 27.9 Å². The van der Waals surface area contributed by atoms with Gasteiger partial charge in [-0.05, 0) is 81.6 Å². The van der Waals surface area contributed by atoms with Gasteiger partial charge < -0.3 is 23.1 Å². The molecule has 0 spiro atoms. The predicted molar refractivity (Wildman–Crippen MR) is 255 cm³/mol. The highest BCUT2D eigenvalue weighted by Crippen LogP contribution is 2.44. The van der Waals surface area contributed by atoms with Crippen molar-refractivity contribution in [3.63, 3.8) is 0 Å². The summed E-state index contributed by atoms with van der Waals surface area (Å²) in [5.41, 5.74) is 18.2. The van der Waals surface area contributed by atoms with Crippen LogP contribution in [0.2, 0.25) is 6.82 Å². The zero-order valence-electron chi connectivity index (χ0n) is 34.3. The number of hydrogen-bond acceptors (Lipinski definition) is 4. The fraction of sp³-hybridized carbons (Fsp3) is 0.0909. The molecule has 6 heteroatoms. The second-order valence-electron chi connectivity index (χ2n) is 17.8. The van der Waals surface area contributed by atoms with Crippen LogP contribution in [0.4, 0.5) is 11.4 Å². The molecule has 61 heavy (non-hydrogen) atoms. The summed E-state index contributed by atoms with van der Waals surface area (Å²) in [6.07, 6.45) is 1.91. The van der Waals surface area contributed by atoms with Gasteiger partial charge in [-0.15, -0.1) is 0 Å². The maximum atomic E-state index is 6.56. The summed E-state index contributed by atoms with van der Waals surface area (Å²) in [5, 5.41) is 11.8. The second kappa shape index (κ2) is 12.3. The Labute approximate surface area is 351 Å². The fourth-order valence-electron chi connectivity index (χ4n) is 10.2. The van der Waals surface area contributed by atoms with Crippen LogP contribution in [-0.2, 0) is 5.41 Å². The zero-order chi connectivity index (χ0) is 40.7. The molecule has 0 saturated carbocycles. The number of nitrogens with one attached hydrogen (secondary N) is 1. The molecule has 0 unspecified atom stereocenters. The van der Waals surface area contributed by atoms with Crippen LogP contribution in [0, 0.1) is 0 Å². The van der Waals surface area contributed by atoms with Crippen LogP contribution < -0.4 is 16.2 Å². The number of benzene rings is 8. The van der Waals surface area contributed by atoms with Crippen LogP contribution in [0.25, 0.3) is 105 Å². The largest absolute Gasteiger partial charge is 0.464 e. The first-order valence-corrected chi connectivity index (χ1v) is 21.1. The Bertz CT molecular complexity index is 3780. The number of para-hydroxylation sites is 2. The lowest BCUT2D eigenvalue weighted by atomic mass is 9.40. The highest BCUT2D eigenvalue weighted by Gasteiger charge is 2.34. The fourth-order valence-corrected chi connectivity index (χ4v) is 10.2. The highest BCUT2D eigenvalue weighted by atomic mass is 16.3. The van der Waals surface area contributed by atoms with Gasteiger partial charge in [-0.2, -0.15) is 0 Å². The molecule has 1 N–H and O–H groups in total. The monoisotopic (exact) mass is 786 g/mol. The molecule has 0 radical (unpaired) electrons. The molecule has 1 aliphatic heterocycles. The Hall–Kier alpha value is -7.44. The number of furan rings is 3. The number of nitrogens with zero attached hydrogens (tertiary/aromatic N) is 1. The number of anilines is 2. The molecule has 13 rings (SSSR count). The summed E-state index contributed by atoms with van der Waals surface area (Å²) in [6, 6.07) is 54.5. The molecule has 0 amide bonds. The Morgan fingerprint density at radius 3 is 1.95 bits per heavy atom. The van der Waals surface area contributed by atoms with Crippen molar-refractivity contribution in [2.75, 3.05) is 5.32 Å². The molecule has 8 aromatic carbocycles. The van der Waals surface area contributed by atoms with Crippen LogP contribution in [0.1, 0.15) is 26.3 Å². The van der Waals surface area contributed by atoms with Crippen molar-refractivity contribution >= 4 is 106 Å². The van der Waals surface area contributed by atoms with Crippen molar-refractivity contribution < 1.29 is 13.3 Å². The number of aromatic nitrogens is 1. The van der Waals surface area contributed by atoms with Gasteiger partial charge in [-0.25, -0.2) is 0 Å². The van der Waals surface area contributed by atoms with Gasteiger partial charge in [0.05, 0.1) is 17.5 Å². The van der Waals surface area contributed by atoms with E-state index in [2.05, 4.69) is 177 Å². The van der Waals surface area contributed by atoms with E-state index < -0.39 is 0 Å². The summed E-state index contributed by atoms with van der Waals surface area (Å²) in [6.45, 7) is 9.14. The number of rotatable bonds is 4. The van der Waals surface area contributed by atoms with E-state index in [0.29, 0.717) is 0 Å². The van der Waals surface area contributed by atoms with Gasteiger partial charge in [-0.3, -0.25) is 0 Å². The molecule has 0 fully saturated rings. The molecule has 4 aromatic heterocycles. The van der Waals surface area contributed by atoms with Gasteiger partial charge >= 0.3 is 0 Å². The van der Waals surface area contributed by atoms with E-state index in [1.54, 1.807) is 0 Å². The van der Waals surface area contributed by atoms with E-state index in [1.807, 2.05) is 18.4 Å². The minimum Gasteiger partial charge on any atom is -0.464 e. The smallest absolute Gasteiger partial charge is 0.212 e. The molecule has 0 aliphatic carbocycles. The van der Waals surface area contributed by atoms with Crippen molar-refractivity contribution in [1.29, 1.82) is 0 Å². The van der Waals surface area contributed by atoms with Crippen LogP contribution in [0.3, 0.4) is 0 Å². The summed E-state index contributed by atoms with van der Waals surface area (Å²) in [4.78, 5) is 0. The molecule has 5 nitrogen and oxygen atoms in total. The quantitative estimate of drug-likeness (QED) is 0.181. The summed E-state index contributed by atoms with van der Waals surface area (Å²) < 4.78 is 22.0. The van der Waals surface area contributed by atoms with Crippen molar-refractivity contribution in [2.45, 2.75) is 33.0 Å². The van der Waals surface area contributed by atoms with E-state index >= 15 is 0 Å². The predicted octanol–water partition coefficient (Wildman–Crippen LogP) is 14.3. The lowest BCUT2D eigenvalue weighted by Crippen LogP contribution is -2.46. The van der Waals surface area contributed by atoms with Gasteiger partial charge in [0, 0.05) is 77.9 Å². The zero-order valence-corrected chi connectivity index (χ0v) is 34.3. The third kappa shape index (κ3) is 4.96. The standard InChI is InChI=1S/C55H39BN2O3/c1-55(2,3)32-18-20-33(21-19-32)57-45-28-51-40(34-14-8-10-16-48(34)60-51)24-38(45)36-22-23-37-39-25-41-35-15-9-11-17-49(35)61-52(41)29-46(39)58-47-26-42-43(31-12-6-5-7-13-31)30-59-50(42)27-44(47)56(4)53(36)54(37)58/h5-30,57H,1-4H3. The highest BCUT2D eigenvalue weighted by molar-refractivity contribution is 6.88. The number of hydrogen-bond donors (Lipinski definition) is 1. The topological polar surface area (TPSA) is 56.4 Å². The molecule has 1 aliphatic rings. The minimum atomic E-state index is 0.0275. The van der Waals surface area contributed by atoms with Crippen LogP contribution in [0.15, 0.2) is 171 Å². The summed E-state index contributed by atoms with van der Waals surface area (Å²) in [7, 11) is 0. The summed E-state index contributed by atoms with van der Waals surface area (Å²) >= 11 is 0. The second-order valence-corrected chi connectivity index (χ2v) is 17.8. The van der Waals surface area contributed by atoms with Crippen molar-refractivity contribution in [3.05, 3.63) is 163 Å². The van der Waals surface area contributed by atoms with E-state index in [9.17, 15) is 0 Å². The molecule has 290 valence electrons. The van der Waals surface area contributed by atoms with Crippen molar-refractivity contribution in [2.24, 2.45) is 0 Å². The van der Waals surface area contributed by atoms with Gasteiger partial charge in [0.15, 0.2) is 0 Å². The first-order valence-electron chi connectivity index (χ1n) is 21.1. The molecule has 5 heterocycles. The Kier molecular flexibility index (Phi) is 6.95. The first-order chi connectivity index (χ1) is 29.8. The molecule has 0 bridgehead atoms. The van der Waals surface area contributed by atoms with Gasteiger partial charge in [0.1, 0.15) is 27.9 Å². The minimum absolute atomic E-state index is 0.0275. The average Bonchev–Trinajstić information content (AvgIpc) is 4.04. The average molecular weight is 787 g/mol. The lowest BCUT2D eigenvalue weighted by Gasteiger charge is -2.27. The van der Waals surface area contributed by atoms with Crippen LogP contribution >= 0.6 is 0 Å². The molecule has 0 saturated heterocycles. The van der Waals surface area contributed by atoms with Gasteiger partial charge in [-0.1, -0.05) is 119 Å². The Morgan fingerprint density at radius 2 is 1.21 bits per heavy atom. The van der Waals surface area contributed by atoms with Gasteiger partial charge in [0.2, 0.25) is 6.71 Å². The Morgan fingerprint density at radius 1 is 0.525 bits per heavy atom. The number of fused-ring (bicyclic) bond motifs is 12. The summed E-state index contributed by atoms with van der Waals surface area (Å²) in [5.74, 6) is 0. The van der Waals surface area contributed by atoms with E-state index in [-0.39, 0.29) is 12.1 Å². The van der Waals surface area contributed by atoms with E-state index in [0.717, 1.165) is 94.1 Å². The molecule has 0 atom stereocenters. The lowest BCUT2D eigenvalue weighted by molar-refractivity contribution is 0.590. The van der Waals surface area contributed by atoms with Crippen LogP contribution in [-0.4, -0.2) is 11.3 Å². The van der Waals surface area contributed by atoms with Crippen molar-refractivity contribution in [1.82, 2.24) is 4.57 Å². The molecule has 12 aromatic rings. The molecular weight excluding hydrogens is 747 g/mol. The molecular formula is C55H39BN2O3. The normalized spacial score (nSPS) is 12.9. The van der Waals surface area contributed by atoms with Crippen LogP contribution in [0.5, 0.6) is 0 Å². The maximum Gasteiger partial charge on any atom is 0.212 e. The van der Waals surface area contributed by atoms with Gasteiger partial charge in [0.25, 0.3) is 0 Å². The third-order valence-corrected chi connectivity index (χ3v) is 13.3. The Balaban J connectivity index is 1.12. The van der Waals surface area contributed by atoms with E-state index in [4.69, 9.17) is 13.3 Å². The SMILES string of the molecule is CB1c2cc3occ(-c4ccccc4)c3cc2-n2c3cc4oc5ccccc5c4cc3c3ccc(-c4cc5c(cc4Nc4ccc(C(C)(C)C)cc4)oc4ccccc45)c1c32. The van der Waals surface area contributed by atoms with E-state index in [1.165, 1.54) is 38.3 Å². The maximum absolute atomic E-state index is 6.56.